The molecule has 142 valence electrons. The van der Waals surface area contributed by atoms with Crippen LogP contribution in [0, 0.1) is 5.92 Å². The Hall–Kier alpha value is -1.46. The van der Waals surface area contributed by atoms with Crippen molar-refractivity contribution in [3.8, 4) is 11.5 Å². The molecule has 0 bridgehead atoms. The van der Waals surface area contributed by atoms with Gasteiger partial charge in [-0.1, -0.05) is 13.8 Å². The summed E-state index contributed by atoms with van der Waals surface area (Å²) in [6.45, 7) is 4.53. The van der Waals surface area contributed by atoms with Gasteiger partial charge in [0.2, 0.25) is 5.91 Å². The molecule has 0 saturated heterocycles. The van der Waals surface area contributed by atoms with E-state index in [1.54, 1.807) is 7.11 Å². The van der Waals surface area contributed by atoms with Crippen molar-refractivity contribution >= 4 is 18.3 Å². The zero-order chi connectivity index (χ0) is 17.5. The SMILES string of the molecule is COc1ccc(CNC(=O)[C@@H](N)CC(C)C)c(OC2CCCC2)c1.Cl. The van der Waals surface area contributed by atoms with Crippen molar-refractivity contribution in [2.45, 2.75) is 64.6 Å². The van der Waals surface area contributed by atoms with Gasteiger partial charge in [0.25, 0.3) is 0 Å². The third-order valence-corrected chi connectivity index (χ3v) is 4.39. The monoisotopic (exact) mass is 370 g/mol. The van der Waals surface area contributed by atoms with Crippen LogP contribution in [0.1, 0.15) is 51.5 Å². The Morgan fingerprint density at radius 1 is 1.32 bits per heavy atom. The van der Waals surface area contributed by atoms with Gasteiger partial charge in [-0.25, -0.2) is 0 Å². The molecule has 3 N–H and O–H groups in total. The number of rotatable bonds is 8. The average molecular weight is 371 g/mol. The van der Waals surface area contributed by atoms with Gasteiger partial charge in [-0.3, -0.25) is 4.79 Å². The maximum atomic E-state index is 12.1. The van der Waals surface area contributed by atoms with E-state index in [9.17, 15) is 4.79 Å². The van der Waals surface area contributed by atoms with E-state index in [2.05, 4.69) is 19.2 Å². The summed E-state index contributed by atoms with van der Waals surface area (Å²) in [5, 5.41) is 2.92. The number of carbonyl (C=O) groups is 1. The molecule has 6 heteroatoms. The van der Waals surface area contributed by atoms with Crippen molar-refractivity contribution < 1.29 is 14.3 Å². The molecule has 1 fully saturated rings. The number of methoxy groups -OCH3 is 1. The molecule has 0 heterocycles. The number of carbonyl (C=O) groups excluding carboxylic acids is 1. The van der Waals surface area contributed by atoms with Crippen LogP contribution in [0.15, 0.2) is 18.2 Å². The Labute approximate surface area is 157 Å². The molecule has 0 unspecified atom stereocenters. The summed E-state index contributed by atoms with van der Waals surface area (Å²) in [5.41, 5.74) is 6.89. The van der Waals surface area contributed by atoms with Gasteiger partial charge in [-0.05, 0) is 50.2 Å². The van der Waals surface area contributed by atoms with Gasteiger partial charge in [-0.2, -0.15) is 0 Å². The van der Waals surface area contributed by atoms with Gasteiger partial charge < -0.3 is 20.5 Å². The second kappa shape index (κ2) is 10.5. The fourth-order valence-electron chi connectivity index (χ4n) is 3.03. The van der Waals surface area contributed by atoms with E-state index in [-0.39, 0.29) is 24.4 Å². The number of hydrogen-bond acceptors (Lipinski definition) is 4. The minimum atomic E-state index is -0.470. The van der Waals surface area contributed by atoms with Crippen LogP contribution in [0.3, 0.4) is 0 Å². The molecule has 1 saturated carbocycles. The van der Waals surface area contributed by atoms with Gasteiger partial charge in [0.15, 0.2) is 0 Å². The molecular formula is C19H31ClN2O3. The highest BCUT2D eigenvalue weighted by Gasteiger charge is 2.19. The number of ether oxygens (including phenoxy) is 2. The highest BCUT2D eigenvalue weighted by Crippen LogP contribution is 2.30. The Morgan fingerprint density at radius 3 is 2.60 bits per heavy atom. The van der Waals surface area contributed by atoms with Gasteiger partial charge in [0.05, 0.1) is 19.3 Å². The van der Waals surface area contributed by atoms with Crippen molar-refractivity contribution in [2.24, 2.45) is 11.7 Å². The van der Waals surface area contributed by atoms with E-state index in [1.807, 2.05) is 18.2 Å². The van der Waals surface area contributed by atoms with Crippen molar-refractivity contribution in [3.05, 3.63) is 23.8 Å². The largest absolute Gasteiger partial charge is 0.497 e. The standard InChI is InChI=1S/C19H30N2O3.ClH/c1-13(2)10-17(20)19(22)21-12-14-8-9-16(23-3)11-18(14)24-15-6-4-5-7-15;/h8-9,11,13,15,17H,4-7,10,12,20H2,1-3H3,(H,21,22);1H/t17-;/m0./s1. The van der Waals surface area contributed by atoms with Gasteiger partial charge in [0, 0.05) is 18.2 Å². The minimum absolute atomic E-state index is 0. The summed E-state index contributed by atoms with van der Waals surface area (Å²) in [4.78, 5) is 12.1. The van der Waals surface area contributed by atoms with Crippen molar-refractivity contribution in [3.63, 3.8) is 0 Å². The van der Waals surface area contributed by atoms with E-state index in [4.69, 9.17) is 15.2 Å². The number of benzene rings is 1. The summed E-state index contributed by atoms with van der Waals surface area (Å²) in [6.07, 6.45) is 5.54. The molecule has 5 nitrogen and oxygen atoms in total. The van der Waals surface area contributed by atoms with Crippen molar-refractivity contribution in [1.82, 2.24) is 5.32 Å². The third-order valence-electron chi connectivity index (χ3n) is 4.39. The smallest absolute Gasteiger partial charge is 0.237 e. The van der Waals surface area contributed by atoms with Crippen LogP contribution in [0.4, 0.5) is 0 Å². The van der Waals surface area contributed by atoms with Gasteiger partial charge >= 0.3 is 0 Å². The lowest BCUT2D eigenvalue weighted by molar-refractivity contribution is -0.122. The Bertz CT molecular complexity index is 545. The Balaban J connectivity index is 0.00000312. The molecule has 1 aliphatic rings. The number of nitrogens with one attached hydrogen (secondary N) is 1. The Morgan fingerprint density at radius 2 is 2.00 bits per heavy atom. The zero-order valence-electron chi connectivity index (χ0n) is 15.4. The average Bonchev–Trinajstić information content (AvgIpc) is 3.05. The predicted molar refractivity (Wildman–Crippen MR) is 102 cm³/mol. The molecule has 2 rings (SSSR count). The van der Waals surface area contributed by atoms with Gasteiger partial charge in [0.1, 0.15) is 11.5 Å². The first-order chi connectivity index (χ1) is 11.5. The highest BCUT2D eigenvalue weighted by atomic mass is 35.5. The number of nitrogens with two attached hydrogens (primary N) is 1. The van der Waals surface area contributed by atoms with Crippen molar-refractivity contribution in [2.75, 3.05) is 7.11 Å². The maximum Gasteiger partial charge on any atom is 0.237 e. The summed E-state index contributed by atoms with van der Waals surface area (Å²) < 4.78 is 11.4. The highest BCUT2D eigenvalue weighted by molar-refractivity contribution is 5.85. The van der Waals surface area contributed by atoms with E-state index < -0.39 is 6.04 Å². The third kappa shape index (κ3) is 6.75. The molecule has 25 heavy (non-hydrogen) atoms. The minimum Gasteiger partial charge on any atom is -0.497 e. The summed E-state index contributed by atoms with van der Waals surface area (Å²) in [7, 11) is 1.64. The van der Waals surface area contributed by atoms with Crippen LogP contribution < -0.4 is 20.5 Å². The van der Waals surface area contributed by atoms with E-state index >= 15 is 0 Å². The van der Waals surface area contributed by atoms with E-state index in [0.29, 0.717) is 18.9 Å². The maximum absolute atomic E-state index is 12.1. The Kier molecular flexibility index (Phi) is 9.08. The normalized spacial score (nSPS) is 15.6. The van der Waals surface area contributed by atoms with Crippen LogP contribution in [-0.2, 0) is 11.3 Å². The molecule has 0 aromatic heterocycles. The van der Waals surface area contributed by atoms with Gasteiger partial charge in [-0.15, -0.1) is 12.4 Å². The van der Waals surface area contributed by atoms with Crippen LogP contribution in [-0.4, -0.2) is 25.2 Å². The molecule has 1 aromatic rings. The molecule has 1 aromatic carbocycles. The first-order valence-electron chi connectivity index (χ1n) is 8.86. The zero-order valence-corrected chi connectivity index (χ0v) is 16.2. The molecule has 1 atom stereocenters. The fraction of sp³-hybridized carbons (Fsp3) is 0.632. The van der Waals surface area contributed by atoms with Crippen LogP contribution in [0.2, 0.25) is 0 Å². The van der Waals surface area contributed by atoms with E-state index in [1.165, 1.54) is 12.8 Å². The first-order valence-corrected chi connectivity index (χ1v) is 8.86. The summed E-state index contributed by atoms with van der Waals surface area (Å²) in [6, 6.07) is 5.25. The summed E-state index contributed by atoms with van der Waals surface area (Å²) in [5.74, 6) is 1.83. The summed E-state index contributed by atoms with van der Waals surface area (Å²) >= 11 is 0. The number of halogens is 1. The topological polar surface area (TPSA) is 73.6 Å². The second-order valence-electron chi connectivity index (χ2n) is 6.95. The molecule has 0 aliphatic heterocycles. The van der Waals surface area contributed by atoms with Crippen molar-refractivity contribution in [1.29, 1.82) is 0 Å². The van der Waals surface area contributed by atoms with Crippen LogP contribution in [0.25, 0.3) is 0 Å². The number of amides is 1. The predicted octanol–water partition coefficient (Wildman–Crippen LogP) is 3.43. The molecule has 1 aliphatic carbocycles. The molecule has 0 radical (unpaired) electrons. The number of hydrogen-bond donors (Lipinski definition) is 2. The molecular weight excluding hydrogens is 340 g/mol. The fourth-order valence-corrected chi connectivity index (χ4v) is 3.03. The lowest BCUT2D eigenvalue weighted by Crippen LogP contribution is -2.41. The second-order valence-corrected chi connectivity index (χ2v) is 6.95. The molecule has 1 amide bonds. The van der Waals surface area contributed by atoms with Crippen LogP contribution in [0.5, 0.6) is 11.5 Å². The lowest BCUT2D eigenvalue weighted by Gasteiger charge is -2.19. The lowest BCUT2D eigenvalue weighted by atomic mass is 10.0. The first kappa shape index (κ1) is 21.6. The molecule has 0 spiro atoms. The quantitative estimate of drug-likeness (QED) is 0.735. The van der Waals surface area contributed by atoms with Crippen LogP contribution >= 0.6 is 12.4 Å². The van der Waals surface area contributed by atoms with E-state index in [0.717, 1.165) is 29.9 Å².